The predicted molar refractivity (Wildman–Crippen MR) is 193 cm³/mol. The van der Waals surface area contributed by atoms with Crippen molar-refractivity contribution in [3.05, 3.63) is 159 Å². The minimum absolute atomic E-state index is 0. The summed E-state index contributed by atoms with van der Waals surface area (Å²) in [5.41, 5.74) is 6.28. The summed E-state index contributed by atoms with van der Waals surface area (Å²) in [7, 11) is 1.92. The van der Waals surface area contributed by atoms with E-state index in [2.05, 4.69) is 39.2 Å². The molecule has 5 heterocycles. The zero-order valence-corrected chi connectivity index (χ0v) is 31.6. The standard InChI is InChI=1S/C42H25N7O2.Pd.Pt/c1-48-26-39(47-27-48)30-24-45-42(46-25-30)49-40-22-33(50-31-10-6-8-28(20-31)37-12-2-4-18-43-37)14-16-35(40)36-17-15-34(23-41(36)49)51-32-11-7-9-29(21-32)38-13-3-5-19-44-38;;/h2-19,24-27H,1H3;;/q-4;2*+2. The number of fused-ring (bicyclic) bond motifs is 3. The van der Waals surface area contributed by atoms with Crippen molar-refractivity contribution in [2.24, 2.45) is 7.05 Å². The van der Waals surface area contributed by atoms with E-state index < -0.39 is 0 Å². The van der Waals surface area contributed by atoms with E-state index in [0.717, 1.165) is 44.5 Å². The molecule has 0 spiro atoms. The topological polar surface area (TPSA) is 92.8 Å². The minimum Gasteiger partial charge on any atom is -0.503 e. The second-order valence-electron chi connectivity index (χ2n) is 11.7. The summed E-state index contributed by atoms with van der Waals surface area (Å²) in [6, 6.07) is 44.4. The normalized spacial score (nSPS) is 10.8. The van der Waals surface area contributed by atoms with Gasteiger partial charge in [-0.2, -0.15) is 22.9 Å². The van der Waals surface area contributed by atoms with Gasteiger partial charge in [-0.1, -0.05) is 47.4 Å². The number of pyridine rings is 2. The maximum atomic E-state index is 6.32. The number of hydrogen-bond donors (Lipinski definition) is 0. The fraction of sp³-hybridized carbons (Fsp3) is 0.0238. The van der Waals surface area contributed by atoms with Gasteiger partial charge in [0.05, 0.1) is 12.0 Å². The van der Waals surface area contributed by atoms with Gasteiger partial charge < -0.3 is 28.6 Å². The van der Waals surface area contributed by atoms with E-state index in [-0.39, 0.29) is 41.5 Å². The molecule has 9 rings (SSSR count). The summed E-state index contributed by atoms with van der Waals surface area (Å²) in [5.74, 6) is 2.52. The van der Waals surface area contributed by atoms with Gasteiger partial charge in [0.15, 0.2) is 0 Å². The molecule has 0 saturated carbocycles. The third kappa shape index (κ3) is 7.31. The van der Waals surface area contributed by atoms with Crippen molar-refractivity contribution in [3.8, 4) is 62.7 Å². The van der Waals surface area contributed by atoms with Crippen molar-refractivity contribution in [1.29, 1.82) is 0 Å². The molecule has 5 aromatic heterocycles. The molecule has 53 heavy (non-hydrogen) atoms. The number of hydrogen-bond acceptors (Lipinski definition) is 7. The van der Waals surface area contributed by atoms with E-state index in [0.29, 0.717) is 40.0 Å². The summed E-state index contributed by atoms with van der Waals surface area (Å²) in [6.45, 7) is 0. The molecule has 9 aromatic rings. The molecule has 0 N–H and O–H groups in total. The van der Waals surface area contributed by atoms with Crippen LogP contribution < -0.4 is 9.47 Å². The summed E-state index contributed by atoms with van der Waals surface area (Å²) in [6.07, 6.45) is 10.7. The maximum absolute atomic E-state index is 6.32. The van der Waals surface area contributed by atoms with Crippen LogP contribution in [0.15, 0.2) is 134 Å². The molecular formula is C42H25N7O2PdPt. The summed E-state index contributed by atoms with van der Waals surface area (Å²) < 4.78 is 16.4. The Morgan fingerprint density at radius 1 is 0.528 bits per heavy atom. The number of imidazole rings is 1. The van der Waals surface area contributed by atoms with Crippen molar-refractivity contribution in [2.45, 2.75) is 0 Å². The fourth-order valence-electron chi connectivity index (χ4n) is 5.87. The molecule has 0 aliphatic rings. The van der Waals surface area contributed by atoms with Crippen LogP contribution in [0.5, 0.6) is 23.0 Å². The number of aryl methyl sites for hydroxylation is 1. The van der Waals surface area contributed by atoms with E-state index in [1.54, 1.807) is 31.1 Å². The zero-order chi connectivity index (χ0) is 34.1. The zero-order valence-electron chi connectivity index (χ0n) is 27.8. The summed E-state index contributed by atoms with van der Waals surface area (Å²) in [4.78, 5) is 22.9. The number of aromatic nitrogens is 7. The molecule has 0 saturated heterocycles. The monoisotopic (exact) mass is 960 g/mol. The first kappa shape index (κ1) is 35.6. The van der Waals surface area contributed by atoms with Gasteiger partial charge in [-0.15, -0.1) is 71.8 Å². The van der Waals surface area contributed by atoms with Crippen LogP contribution in [-0.2, 0) is 48.5 Å². The second kappa shape index (κ2) is 15.4. The molecule has 11 heteroatoms. The molecule has 0 aliphatic carbocycles. The Balaban J connectivity index is 0.00000218. The largest absolute Gasteiger partial charge is 2.00 e. The SMILES string of the molecule is Cn1cnc(-c2cnc(-n3c4[c-]c(Oc5[c-]c(-c6ccccn6)ccc5)ccc4c4ccc(Oc5[c-]c(-c6ccccn6)ccc5)[c-]c43)nc2)c1.[Pd+2].[Pt+2]. The Labute approximate surface area is 333 Å². The average molecular weight is 961 g/mol. The molecule has 0 aliphatic heterocycles. The summed E-state index contributed by atoms with van der Waals surface area (Å²) >= 11 is 0. The number of benzene rings is 4. The van der Waals surface area contributed by atoms with Gasteiger partial charge in [0.2, 0.25) is 5.95 Å². The van der Waals surface area contributed by atoms with Gasteiger partial charge in [0.1, 0.15) is 0 Å². The van der Waals surface area contributed by atoms with E-state index in [9.17, 15) is 0 Å². The van der Waals surface area contributed by atoms with Crippen molar-refractivity contribution in [1.82, 2.24) is 34.1 Å². The Bertz CT molecular complexity index is 2520. The second-order valence-corrected chi connectivity index (χ2v) is 11.7. The number of ether oxygens (including phenoxy) is 2. The van der Waals surface area contributed by atoms with Crippen LogP contribution in [0.25, 0.3) is 61.5 Å². The van der Waals surface area contributed by atoms with Crippen LogP contribution in [0.4, 0.5) is 0 Å². The number of rotatable bonds is 8. The minimum atomic E-state index is 0. The molecule has 0 fully saturated rings. The average Bonchev–Trinajstić information content (AvgIpc) is 3.76. The third-order valence-corrected chi connectivity index (χ3v) is 8.23. The van der Waals surface area contributed by atoms with Crippen LogP contribution in [0, 0.1) is 24.3 Å². The first-order valence-corrected chi connectivity index (χ1v) is 16.1. The first-order valence-electron chi connectivity index (χ1n) is 16.1. The Kier molecular flexibility index (Phi) is 10.4. The van der Waals surface area contributed by atoms with E-state index in [1.807, 2.05) is 119 Å². The van der Waals surface area contributed by atoms with E-state index in [1.165, 1.54) is 0 Å². The van der Waals surface area contributed by atoms with Gasteiger partial charge in [0.25, 0.3) is 0 Å². The maximum Gasteiger partial charge on any atom is 2.00 e. The van der Waals surface area contributed by atoms with Crippen LogP contribution in [-0.4, -0.2) is 34.1 Å². The van der Waals surface area contributed by atoms with Crippen LogP contribution in [0.1, 0.15) is 0 Å². The van der Waals surface area contributed by atoms with Crippen LogP contribution in [0.3, 0.4) is 0 Å². The molecule has 0 bridgehead atoms. The molecule has 0 atom stereocenters. The molecule has 0 radical (unpaired) electrons. The van der Waals surface area contributed by atoms with Crippen molar-refractivity contribution < 1.29 is 51.0 Å². The van der Waals surface area contributed by atoms with Crippen molar-refractivity contribution >= 4 is 21.8 Å². The molecule has 9 nitrogen and oxygen atoms in total. The smallest absolute Gasteiger partial charge is 0.503 e. The van der Waals surface area contributed by atoms with Crippen molar-refractivity contribution in [3.63, 3.8) is 0 Å². The van der Waals surface area contributed by atoms with Gasteiger partial charge >= 0.3 is 41.5 Å². The van der Waals surface area contributed by atoms with Gasteiger partial charge in [-0.05, 0) is 23.5 Å². The molecule has 260 valence electrons. The first-order chi connectivity index (χ1) is 25.1. The van der Waals surface area contributed by atoms with E-state index in [4.69, 9.17) is 19.4 Å². The third-order valence-electron chi connectivity index (χ3n) is 8.23. The van der Waals surface area contributed by atoms with Gasteiger partial charge in [-0.25, -0.2) is 15.0 Å². The fourth-order valence-corrected chi connectivity index (χ4v) is 5.87. The molecule has 4 aromatic carbocycles. The van der Waals surface area contributed by atoms with Gasteiger partial charge in [-0.3, -0.25) is 0 Å². The number of nitrogens with zero attached hydrogens (tertiary/aromatic N) is 7. The van der Waals surface area contributed by atoms with Crippen molar-refractivity contribution in [2.75, 3.05) is 0 Å². The predicted octanol–water partition coefficient (Wildman–Crippen LogP) is 8.88. The van der Waals surface area contributed by atoms with Crippen LogP contribution in [0.2, 0.25) is 0 Å². The summed E-state index contributed by atoms with van der Waals surface area (Å²) in [5, 5.41) is 1.85. The molecule has 0 amide bonds. The van der Waals surface area contributed by atoms with Crippen LogP contribution >= 0.6 is 0 Å². The Morgan fingerprint density at radius 2 is 1.06 bits per heavy atom. The van der Waals surface area contributed by atoms with E-state index >= 15 is 0 Å². The molecular weight excluding hydrogens is 936 g/mol. The quantitative estimate of drug-likeness (QED) is 0.111. The molecule has 0 unspecified atom stereocenters. The Morgan fingerprint density at radius 3 is 1.53 bits per heavy atom. The Hall–Kier alpha value is -5.78. The van der Waals surface area contributed by atoms with Gasteiger partial charge in [0, 0.05) is 66.6 Å².